The number of rotatable bonds is 5. The number of sulfonamides is 1. The fourth-order valence-electron chi connectivity index (χ4n) is 4.09. The van der Waals surface area contributed by atoms with E-state index >= 15 is 0 Å². The number of hydrogen-bond acceptors (Lipinski definition) is 4. The minimum atomic E-state index is -3.90. The maximum atomic E-state index is 14.0. The number of H-pyrrole nitrogens is 1. The predicted octanol–water partition coefficient (Wildman–Crippen LogP) is 3.19. The minimum Gasteiger partial charge on any atom is -0.358 e. The van der Waals surface area contributed by atoms with Crippen LogP contribution in [-0.4, -0.2) is 60.6 Å². The lowest BCUT2D eigenvalue weighted by Gasteiger charge is -2.36. The molecule has 1 fully saturated rings. The number of para-hydroxylation sites is 1. The van der Waals surface area contributed by atoms with E-state index in [2.05, 4.69) is 4.98 Å². The summed E-state index contributed by atoms with van der Waals surface area (Å²) in [5, 5.41) is 0.896. The quantitative estimate of drug-likeness (QED) is 0.632. The number of carbonyl (C=O) groups excluding carboxylic acids is 1. The van der Waals surface area contributed by atoms with Gasteiger partial charge in [0, 0.05) is 48.3 Å². The third kappa shape index (κ3) is 3.55. The topological polar surface area (TPSA) is 73.5 Å². The highest BCUT2D eigenvalue weighted by Gasteiger charge is 2.34. The fraction of sp³-hybridized carbons (Fsp3) is 0.318. The third-order valence-corrected chi connectivity index (χ3v) is 7.73. The number of fused-ring (bicyclic) bond motifs is 1. The first-order valence-electron chi connectivity index (χ1n) is 9.91. The van der Waals surface area contributed by atoms with E-state index in [1.165, 1.54) is 22.5 Å². The number of nitrogens with zero attached hydrogens (tertiary/aromatic N) is 2. The van der Waals surface area contributed by atoms with E-state index < -0.39 is 15.8 Å². The molecule has 1 atom stereocenters. The molecule has 158 valence electrons. The monoisotopic (exact) mass is 429 g/mol. The van der Waals surface area contributed by atoms with Crippen molar-refractivity contribution in [2.45, 2.75) is 24.8 Å². The smallest absolute Gasteiger partial charge is 0.246 e. The first-order chi connectivity index (χ1) is 14.3. The van der Waals surface area contributed by atoms with Crippen molar-refractivity contribution in [1.29, 1.82) is 0 Å². The molecule has 0 unspecified atom stereocenters. The van der Waals surface area contributed by atoms with Gasteiger partial charge in [0.1, 0.15) is 10.7 Å². The van der Waals surface area contributed by atoms with Crippen LogP contribution in [0.4, 0.5) is 4.39 Å². The summed E-state index contributed by atoms with van der Waals surface area (Å²) >= 11 is 0. The van der Waals surface area contributed by atoms with Crippen LogP contribution in [0.5, 0.6) is 0 Å². The Balaban J connectivity index is 1.49. The molecule has 8 heteroatoms. The highest BCUT2D eigenvalue weighted by atomic mass is 32.2. The summed E-state index contributed by atoms with van der Waals surface area (Å²) in [6.45, 7) is 4.97. The van der Waals surface area contributed by atoms with Gasteiger partial charge in [-0.15, -0.1) is 0 Å². The van der Waals surface area contributed by atoms with Crippen LogP contribution in [-0.2, 0) is 10.0 Å². The van der Waals surface area contributed by atoms with Gasteiger partial charge in [0.25, 0.3) is 0 Å². The Hall–Kier alpha value is -2.55. The molecule has 1 aliphatic rings. The molecule has 0 bridgehead atoms. The molecule has 3 aromatic rings. The second kappa shape index (κ2) is 7.94. The van der Waals surface area contributed by atoms with Gasteiger partial charge in [-0.25, -0.2) is 12.8 Å². The highest BCUT2D eigenvalue weighted by Crippen LogP contribution is 2.26. The van der Waals surface area contributed by atoms with Crippen molar-refractivity contribution < 1.29 is 17.6 Å². The molecule has 2 heterocycles. The number of halogens is 1. The van der Waals surface area contributed by atoms with Gasteiger partial charge in [0.05, 0.1) is 6.04 Å². The molecule has 1 saturated heterocycles. The van der Waals surface area contributed by atoms with E-state index in [0.29, 0.717) is 18.7 Å². The van der Waals surface area contributed by atoms with E-state index in [-0.39, 0.29) is 29.8 Å². The molecule has 2 aromatic carbocycles. The number of benzene rings is 2. The van der Waals surface area contributed by atoms with Crippen LogP contribution in [0.2, 0.25) is 0 Å². The van der Waals surface area contributed by atoms with Crippen LogP contribution < -0.4 is 0 Å². The SMILES string of the molecule is Cc1[nH]c2ccccc2c1C(=O)[C@H](C)N1CCN(S(=O)(=O)c2ccccc2F)CC1. The van der Waals surface area contributed by atoms with E-state index in [1.807, 2.05) is 43.0 Å². The lowest BCUT2D eigenvalue weighted by atomic mass is 10.0. The normalized spacial score (nSPS) is 17.3. The van der Waals surface area contributed by atoms with E-state index in [9.17, 15) is 17.6 Å². The second-order valence-corrected chi connectivity index (χ2v) is 9.49. The molecule has 1 N–H and O–H groups in total. The van der Waals surface area contributed by atoms with Crippen molar-refractivity contribution in [3.63, 3.8) is 0 Å². The van der Waals surface area contributed by atoms with Crippen LogP contribution in [0.15, 0.2) is 53.4 Å². The van der Waals surface area contributed by atoms with Gasteiger partial charge in [0.15, 0.2) is 5.78 Å². The van der Waals surface area contributed by atoms with E-state index in [4.69, 9.17) is 0 Å². The molecule has 0 spiro atoms. The number of ketones is 1. The average molecular weight is 430 g/mol. The van der Waals surface area contributed by atoms with Crippen molar-refractivity contribution in [2.75, 3.05) is 26.2 Å². The zero-order valence-electron chi connectivity index (χ0n) is 16.9. The first kappa shape index (κ1) is 20.7. The standard InChI is InChI=1S/C22H24FN3O3S/c1-15-21(17-7-3-5-9-19(17)24-15)22(27)16(2)25-11-13-26(14-12-25)30(28,29)20-10-6-4-8-18(20)23/h3-10,16,24H,11-14H2,1-2H3/t16-/m0/s1. The van der Waals surface area contributed by atoms with Crippen molar-refractivity contribution in [3.05, 3.63) is 65.6 Å². The lowest BCUT2D eigenvalue weighted by Crippen LogP contribution is -2.53. The summed E-state index contributed by atoms with van der Waals surface area (Å²) in [6.07, 6.45) is 0. The number of aryl methyl sites for hydroxylation is 1. The summed E-state index contributed by atoms with van der Waals surface area (Å²) in [5.41, 5.74) is 2.43. The van der Waals surface area contributed by atoms with Crippen LogP contribution in [0.1, 0.15) is 23.0 Å². The number of piperazine rings is 1. The van der Waals surface area contributed by atoms with E-state index in [0.717, 1.165) is 22.7 Å². The van der Waals surface area contributed by atoms with Gasteiger partial charge in [-0.2, -0.15) is 4.31 Å². The lowest BCUT2D eigenvalue weighted by molar-refractivity contribution is 0.0783. The van der Waals surface area contributed by atoms with Crippen LogP contribution in [0.25, 0.3) is 10.9 Å². The van der Waals surface area contributed by atoms with Crippen LogP contribution in [0, 0.1) is 12.7 Å². The molecular weight excluding hydrogens is 405 g/mol. The molecule has 1 aromatic heterocycles. The Labute approximate surface area is 175 Å². The Morgan fingerprint density at radius 2 is 1.67 bits per heavy atom. The molecule has 1 aliphatic heterocycles. The van der Waals surface area contributed by atoms with Gasteiger partial charge < -0.3 is 4.98 Å². The van der Waals surface area contributed by atoms with Gasteiger partial charge >= 0.3 is 0 Å². The predicted molar refractivity (Wildman–Crippen MR) is 114 cm³/mol. The molecule has 0 aliphatic carbocycles. The number of aromatic amines is 1. The summed E-state index contributed by atoms with van der Waals surface area (Å²) in [5.74, 6) is -0.742. The molecular formula is C22H24FN3O3S. The number of carbonyl (C=O) groups is 1. The first-order valence-corrected chi connectivity index (χ1v) is 11.3. The maximum Gasteiger partial charge on any atom is 0.246 e. The summed E-state index contributed by atoms with van der Waals surface area (Å²) < 4.78 is 40.9. The van der Waals surface area contributed by atoms with Gasteiger partial charge in [0.2, 0.25) is 10.0 Å². The zero-order valence-corrected chi connectivity index (χ0v) is 17.7. The van der Waals surface area contributed by atoms with Crippen LogP contribution >= 0.6 is 0 Å². The summed E-state index contributed by atoms with van der Waals surface area (Å²) in [6, 6.07) is 12.7. The van der Waals surface area contributed by atoms with Gasteiger partial charge in [-0.1, -0.05) is 30.3 Å². The van der Waals surface area contributed by atoms with Crippen molar-refractivity contribution in [3.8, 4) is 0 Å². The molecule has 30 heavy (non-hydrogen) atoms. The zero-order chi connectivity index (χ0) is 21.5. The van der Waals surface area contributed by atoms with Crippen molar-refractivity contribution in [2.24, 2.45) is 0 Å². The molecule has 0 saturated carbocycles. The van der Waals surface area contributed by atoms with Crippen LogP contribution in [0.3, 0.4) is 0 Å². The summed E-state index contributed by atoms with van der Waals surface area (Å²) in [4.78, 5) is 18.2. The molecule has 4 rings (SSSR count). The second-order valence-electron chi connectivity index (χ2n) is 7.58. The third-order valence-electron chi connectivity index (χ3n) is 5.79. The Morgan fingerprint density at radius 1 is 1.03 bits per heavy atom. The largest absolute Gasteiger partial charge is 0.358 e. The molecule has 0 radical (unpaired) electrons. The Kier molecular flexibility index (Phi) is 5.48. The van der Waals surface area contributed by atoms with Gasteiger partial charge in [-0.3, -0.25) is 9.69 Å². The fourth-order valence-corrected chi connectivity index (χ4v) is 5.58. The summed E-state index contributed by atoms with van der Waals surface area (Å²) in [7, 11) is -3.90. The highest BCUT2D eigenvalue weighted by molar-refractivity contribution is 7.89. The number of hydrogen-bond donors (Lipinski definition) is 1. The van der Waals surface area contributed by atoms with Crippen molar-refractivity contribution in [1.82, 2.24) is 14.2 Å². The van der Waals surface area contributed by atoms with Crippen molar-refractivity contribution >= 4 is 26.7 Å². The maximum absolute atomic E-state index is 14.0. The number of Topliss-reactive ketones (excluding diaryl/α,β-unsaturated/α-hetero) is 1. The molecule has 0 amide bonds. The minimum absolute atomic E-state index is 0.00959. The van der Waals surface area contributed by atoms with Gasteiger partial charge in [-0.05, 0) is 32.0 Å². The number of nitrogens with one attached hydrogen (secondary N) is 1. The number of aromatic nitrogens is 1. The Morgan fingerprint density at radius 3 is 2.37 bits per heavy atom. The van der Waals surface area contributed by atoms with E-state index in [1.54, 1.807) is 0 Å². The Bertz CT molecular complexity index is 1200. The average Bonchev–Trinajstić information content (AvgIpc) is 3.08. The molecule has 6 nitrogen and oxygen atoms in total.